The molecule has 0 radical (unpaired) electrons. The van der Waals surface area contributed by atoms with E-state index in [0.717, 1.165) is 37.5 Å². The van der Waals surface area contributed by atoms with Crippen LogP contribution in [0.1, 0.15) is 39.3 Å². The Bertz CT molecular complexity index is 775. The van der Waals surface area contributed by atoms with E-state index in [1.165, 1.54) is 29.0 Å². The molecule has 0 N–H and O–H groups in total. The molecule has 2 fully saturated rings. The largest absolute Gasteiger partial charge is 0.378 e. The summed E-state index contributed by atoms with van der Waals surface area (Å²) in [5.41, 5.74) is 5.26. The van der Waals surface area contributed by atoms with Crippen molar-refractivity contribution in [2.75, 3.05) is 39.4 Å². The number of morpholine rings is 1. The molecule has 0 unspecified atom stereocenters. The molecule has 2 aliphatic rings. The van der Waals surface area contributed by atoms with Crippen molar-refractivity contribution in [3.63, 3.8) is 0 Å². The third-order valence-electron chi connectivity index (χ3n) is 5.94. The molecule has 2 aliphatic heterocycles. The molecule has 1 aromatic heterocycles. The van der Waals surface area contributed by atoms with E-state index in [0.29, 0.717) is 26.3 Å². The van der Waals surface area contributed by atoms with Crippen molar-refractivity contribution in [2.24, 2.45) is 5.92 Å². The van der Waals surface area contributed by atoms with E-state index in [1.807, 2.05) is 22.5 Å². The van der Waals surface area contributed by atoms with Gasteiger partial charge >= 0.3 is 0 Å². The highest BCUT2D eigenvalue weighted by Crippen LogP contribution is 2.24. The number of hydrogen-bond acceptors (Lipinski definition) is 5. The average molecular weight is 400 g/mol. The second-order valence-corrected chi connectivity index (χ2v) is 8.83. The Morgan fingerprint density at radius 2 is 1.86 bits per heavy atom. The van der Waals surface area contributed by atoms with Gasteiger partial charge in [-0.2, -0.15) is 0 Å². The van der Waals surface area contributed by atoms with Gasteiger partial charge in [-0.3, -0.25) is 9.69 Å². The molecule has 0 saturated carbocycles. The van der Waals surface area contributed by atoms with Crippen LogP contribution in [0.15, 0.2) is 29.8 Å². The minimum Gasteiger partial charge on any atom is -0.378 e. The minimum atomic E-state index is 0.126. The molecule has 28 heavy (non-hydrogen) atoms. The lowest BCUT2D eigenvalue weighted by Gasteiger charge is -2.31. The Morgan fingerprint density at radius 3 is 2.50 bits per heavy atom. The quantitative estimate of drug-likeness (QED) is 0.773. The number of ether oxygens (including phenoxy) is 1. The summed E-state index contributed by atoms with van der Waals surface area (Å²) in [6.07, 6.45) is 3.60. The summed E-state index contributed by atoms with van der Waals surface area (Å²) in [5, 5.41) is 0. The van der Waals surface area contributed by atoms with Crippen molar-refractivity contribution >= 4 is 17.2 Å². The van der Waals surface area contributed by atoms with E-state index in [4.69, 9.17) is 4.74 Å². The molecule has 1 aromatic carbocycles. The Balaban J connectivity index is 1.26. The third kappa shape index (κ3) is 4.80. The summed E-state index contributed by atoms with van der Waals surface area (Å²) >= 11 is 1.77. The van der Waals surface area contributed by atoms with E-state index in [9.17, 15) is 4.79 Å². The van der Waals surface area contributed by atoms with E-state index >= 15 is 0 Å². The maximum Gasteiger partial charge on any atom is 0.254 e. The van der Waals surface area contributed by atoms with Crippen LogP contribution < -0.4 is 0 Å². The first-order chi connectivity index (χ1) is 13.7. The van der Waals surface area contributed by atoms with Gasteiger partial charge in [0.05, 0.1) is 24.4 Å². The highest BCUT2D eigenvalue weighted by molar-refractivity contribution is 7.09. The number of amides is 1. The van der Waals surface area contributed by atoms with Crippen LogP contribution in [0.5, 0.6) is 0 Å². The van der Waals surface area contributed by atoms with Crippen molar-refractivity contribution in [1.29, 1.82) is 0 Å². The van der Waals surface area contributed by atoms with Crippen molar-refractivity contribution < 1.29 is 9.53 Å². The van der Waals surface area contributed by atoms with Gasteiger partial charge in [-0.1, -0.05) is 12.1 Å². The summed E-state index contributed by atoms with van der Waals surface area (Å²) in [6, 6.07) is 8.27. The van der Waals surface area contributed by atoms with Crippen LogP contribution in [0.4, 0.5) is 0 Å². The summed E-state index contributed by atoms with van der Waals surface area (Å²) in [5.74, 6) is 0.862. The molecule has 1 amide bonds. The van der Waals surface area contributed by atoms with Crippen LogP contribution in [0.3, 0.4) is 0 Å². The first-order valence-electron chi connectivity index (χ1n) is 10.3. The van der Waals surface area contributed by atoms with Crippen LogP contribution in [-0.2, 0) is 17.7 Å². The zero-order valence-corrected chi connectivity index (χ0v) is 17.4. The van der Waals surface area contributed by atoms with Crippen LogP contribution in [0.2, 0.25) is 0 Å². The van der Waals surface area contributed by atoms with Crippen LogP contribution in [0, 0.1) is 12.8 Å². The number of aromatic nitrogens is 1. The molecule has 5 nitrogen and oxygen atoms in total. The number of carbonyl (C=O) groups excluding carboxylic acids is 1. The smallest absolute Gasteiger partial charge is 0.254 e. The zero-order chi connectivity index (χ0) is 19.3. The van der Waals surface area contributed by atoms with Crippen molar-refractivity contribution in [3.05, 3.63) is 51.5 Å². The van der Waals surface area contributed by atoms with Gasteiger partial charge in [0.25, 0.3) is 5.91 Å². The first-order valence-corrected chi connectivity index (χ1v) is 11.1. The van der Waals surface area contributed by atoms with E-state index < -0.39 is 0 Å². The van der Waals surface area contributed by atoms with E-state index in [2.05, 4.69) is 28.9 Å². The number of benzene rings is 1. The number of carbonyl (C=O) groups is 1. The molecule has 4 rings (SSSR count). The van der Waals surface area contributed by atoms with Gasteiger partial charge in [0.1, 0.15) is 0 Å². The van der Waals surface area contributed by atoms with Gasteiger partial charge in [-0.05, 0) is 62.9 Å². The van der Waals surface area contributed by atoms with Crippen molar-refractivity contribution in [3.8, 4) is 0 Å². The standard InChI is InChI=1S/C22H29N3O2S/c1-17-21(28-16-23-17)15-24-8-6-19(7-9-24)14-18-2-4-20(5-3-18)22(26)25-10-12-27-13-11-25/h2-5,16,19H,6-15H2,1H3. The maximum absolute atomic E-state index is 12.6. The third-order valence-corrected chi connectivity index (χ3v) is 6.86. The molecule has 150 valence electrons. The number of piperidine rings is 1. The molecule has 2 saturated heterocycles. The minimum absolute atomic E-state index is 0.126. The zero-order valence-electron chi connectivity index (χ0n) is 16.6. The first kappa shape index (κ1) is 19.6. The highest BCUT2D eigenvalue weighted by Gasteiger charge is 2.21. The topological polar surface area (TPSA) is 45.7 Å². The van der Waals surface area contributed by atoms with E-state index in [-0.39, 0.29) is 5.91 Å². The molecular formula is C22H29N3O2S. The monoisotopic (exact) mass is 399 g/mol. The second kappa shape index (κ2) is 9.16. The molecule has 0 atom stereocenters. The van der Waals surface area contributed by atoms with Gasteiger partial charge in [0.15, 0.2) is 0 Å². The van der Waals surface area contributed by atoms with Crippen LogP contribution >= 0.6 is 11.3 Å². The van der Waals surface area contributed by atoms with Gasteiger partial charge < -0.3 is 9.64 Å². The van der Waals surface area contributed by atoms with Gasteiger partial charge in [0.2, 0.25) is 0 Å². The Labute approximate surface area is 171 Å². The number of aryl methyl sites for hydroxylation is 1. The summed E-state index contributed by atoms with van der Waals surface area (Å²) in [4.78, 5) is 22.8. The SMILES string of the molecule is Cc1ncsc1CN1CCC(Cc2ccc(C(=O)N3CCOCC3)cc2)CC1. The fraction of sp³-hybridized carbons (Fsp3) is 0.545. The summed E-state index contributed by atoms with van der Waals surface area (Å²) in [6.45, 7) is 8.15. The van der Waals surface area contributed by atoms with E-state index in [1.54, 1.807) is 11.3 Å². The normalized spacial score (nSPS) is 19.1. The van der Waals surface area contributed by atoms with Gasteiger partial charge in [-0.25, -0.2) is 4.98 Å². The van der Waals surface area contributed by atoms with Gasteiger partial charge in [0, 0.05) is 30.1 Å². The van der Waals surface area contributed by atoms with Crippen molar-refractivity contribution in [2.45, 2.75) is 32.7 Å². The fourth-order valence-corrected chi connectivity index (χ4v) is 4.91. The number of nitrogens with zero attached hydrogens (tertiary/aromatic N) is 3. The number of thiazole rings is 1. The van der Waals surface area contributed by atoms with Crippen LogP contribution in [0.25, 0.3) is 0 Å². The molecule has 0 aliphatic carbocycles. The number of likely N-dealkylation sites (tertiary alicyclic amines) is 1. The molecule has 2 aromatic rings. The second-order valence-electron chi connectivity index (χ2n) is 7.89. The highest BCUT2D eigenvalue weighted by atomic mass is 32.1. The Morgan fingerprint density at radius 1 is 1.14 bits per heavy atom. The number of hydrogen-bond donors (Lipinski definition) is 0. The average Bonchev–Trinajstić information content (AvgIpc) is 3.14. The number of rotatable bonds is 5. The predicted molar refractivity (Wildman–Crippen MR) is 112 cm³/mol. The lowest BCUT2D eigenvalue weighted by molar-refractivity contribution is 0.0303. The lowest BCUT2D eigenvalue weighted by Crippen LogP contribution is -2.40. The maximum atomic E-state index is 12.6. The predicted octanol–water partition coefficient (Wildman–Crippen LogP) is 3.38. The Kier molecular flexibility index (Phi) is 6.40. The summed E-state index contributed by atoms with van der Waals surface area (Å²) in [7, 11) is 0. The fourth-order valence-electron chi connectivity index (χ4n) is 4.10. The molecule has 6 heteroatoms. The molecule has 3 heterocycles. The summed E-state index contributed by atoms with van der Waals surface area (Å²) < 4.78 is 5.33. The molecule has 0 spiro atoms. The van der Waals surface area contributed by atoms with Crippen LogP contribution in [-0.4, -0.2) is 60.1 Å². The Hall–Kier alpha value is -1.76. The molecule has 0 bridgehead atoms. The van der Waals surface area contributed by atoms with Crippen molar-refractivity contribution in [1.82, 2.24) is 14.8 Å². The molecular weight excluding hydrogens is 370 g/mol. The van der Waals surface area contributed by atoms with Gasteiger partial charge in [-0.15, -0.1) is 11.3 Å². The lowest BCUT2D eigenvalue weighted by atomic mass is 9.90.